The molecule has 0 aromatic heterocycles. The number of rotatable bonds is 5. The molecule has 0 saturated heterocycles. The maximum Gasteiger partial charge on any atom is 0.242 e. The molecule has 0 spiro atoms. The Morgan fingerprint density at radius 1 is 1.08 bits per heavy atom. The molecule has 5 nitrogen and oxygen atoms in total. The zero-order valence-corrected chi connectivity index (χ0v) is 16.2. The van der Waals surface area contributed by atoms with Crippen LogP contribution in [0.5, 0.6) is 0 Å². The number of hydrogen-bond donors (Lipinski definition) is 0. The molecule has 6 heteroatoms. The summed E-state index contributed by atoms with van der Waals surface area (Å²) in [6, 6.07) is 13.1. The molecule has 0 aliphatic carbocycles. The lowest BCUT2D eigenvalue weighted by molar-refractivity contribution is -0.117. The molecule has 0 atom stereocenters. The van der Waals surface area contributed by atoms with E-state index in [1.165, 1.54) is 24.0 Å². The zero-order valence-electron chi connectivity index (χ0n) is 15.4. The van der Waals surface area contributed by atoms with E-state index in [-0.39, 0.29) is 10.8 Å². The number of carbonyl (C=O) groups excluding carboxylic acids is 1. The Morgan fingerprint density at radius 3 is 2.35 bits per heavy atom. The highest BCUT2D eigenvalue weighted by atomic mass is 32.2. The molecule has 138 valence electrons. The summed E-state index contributed by atoms with van der Waals surface area (Å²) in [6.45, 7) is 2.69. The van der Waals surface area contributed by atoms with Crippen molar-refractivity contribution in [3.8, 4) is 0 Å². The molecule has 1 aliphatic rings. The van der Waals surface area contributed by atoms with Gasteiger partial charge in [-0.25, -0.2) is 12.7 Å². The van der Waals surface area contributed by atoms with Crippen molar-refractivity contribution in [1.29, 1.82) is 0 Å². The number of sulfonamides is 1. The highest BCUT2D eigenvalue weighted by Crippen LogP contribution is 2.31. The van der Waals surface area contributed by atoms with Gasteiger partial charge in [0.15, 0.2) is 0 Å². The Bertz CT molecular complexity index is 919. The van der Waals surface area contributed by atoms with E-state index in [2.05, 4.69) is 19.1 Å². The topological polar surface area (TPSA) is 57.7 Å². The third-order valence-electron chi connectivity index (χ3n) is 4.81. The first-order chi connectivity index (χ1) is 12.3. The van der Waals surface area contributed by atoms with E-state index in [9.17, 15) is 13.2 Å². The summed E-state index contributed by atoms with van der Waals surface area (Å²) in [5.74, 6) is 0.0382. The number of hydrogen-bond acceptors (Lipinski definition) is 3. The van der Waals surface area contributed by atoms with Crippen LogP contribution in [0.1, 0.15) is 23.6 Å². The average Bonchev–Trinajstić information content (AvgIpc) is 3.05. The second-order valence-corrected chi connectivity index (χ2v) is 8.87. The molecule has 2 aromatic rings. The largest absolute Gasteiger partial charge is 0.312 e. The molecule has 2 aromatic carbocycles. The fourth-order valence-corrected chi connectivity index (χ4v) is 4.12. The van der Waals surface area contributed by atoms with Crippen molar-refractivity contribution in [3.63, 3.8) is 0 Å². The summed E-state index contributed by atoms with van der Waals surface area (Å²) in [7, 11) is -0.429. The van der Waals surface area contributed by atoms with E-state index >= 15 is 0 Å². The van der Waals surface area contributed by atoms with Crippen molar-refractivity contribution in [2.24, 2.45) is 0 Å². The fourth-order valence-electron chi connectivity index (χ4n) is 3.17. The van der Waals surface area contributed by atoms with Crippen molar-refractivity contribution < 1.29 is 13.2 Å². The monoisotopic (exact) mass is 372 g/mol. The first-order valence-electron chi connectivity index (χ1n) is 8.76. The quantitative estimate of drug-likeness (QED) is 0.811. The van der Waals surface area contributed by atoms with Crippen molar-refractivity contribution >= 4 is 21.6 Å². The molecule has 1 amide bonds. The highest BCUT2D eigenvalue weighted by molar-refractivity contribution is 7.89. The molecular weight excluding hydrogens is 348 g/mol. The first-order valence-corrected chi connectivity index (χ1v) is 10.2. The fraction of sp³-hybridized carbons (Fsp3) is 0.350. The number of aryl methyl sites for hydroxylation is 1. The molecule has 0 radical (unpaired) electrons. The van der Waals surface area contributed by atoms with Gasteiger partial charge in [0.2, 0.25) is 15.9 Å². The average molecular weight is 372 g/mol. The van der Waals surface area contributed by atoms with E-state index < -0.39 is 10.0 Å². The normalized spacial score (nSPS) is 13.9. The third-order valence-corrected chi connectivity index (χ3v) is 6.62. The molecule has 0 saturated carbocycles. The van der Waals surface area contributed by atoms with Crippen LogP contribution >= 0.6 is 0 Å². The van der Waals surface area contributed by atoms with E-state index in [0.717, 1.165) is 23.2 Å². The SMILES string of the molecule is CCc1ccc(CC(=O)N2CCc3cc(S(=O)(=O)N(C)C)ccc32)cc1. The molecule has 0 bridgehead atoms. The Balaban J connectivity index is 1.79. The van der Waals surface area contributed by atoms with Crippen LogP contribution in [0.4, 0.5) is 5.69 Å². The molecule has 0 unspecified atom stereocenters. The van der Waals surface area contributed by atoms with Crippen LogP contribution in [0.2, 0.25) is 0 Å². The van der Waals surface area contributed by atoms with Gasteiger partial charge in [-0.05, 0) is 47.7 Å². The summed E-state index contributed by atoms with van der Waals surface area (Å²) in [6.07, 6.45) is 2.00. The Kier molecular flexibility index (Phi) is 5.16. The van der Waals surface area contributed by atoms with Crippen molar-refractivity contribution in [1.82, 2.24) is 4.31 Å². The minimum absolute atomic E-state index is 0.0382. The minimum Gasteiger partial charge on any atom is -0.312 e. The van der Waals surface area contributed by atoms with Crippen molar-refractivity contribution in [2.75, 3.05) is 25.5 Å². The molecule has 1 aliphatic heterocycles. The first kappa shape index (κ1) is 18.6. The van der Waals surface area contributed by atoms with Gasteiger partial charge in [-0.1, -0.05) is 31.2 Å². The van der Waals surface area contributed by atoms with Crippen molar-refractivity contribution in [3.05, 3.63) is 59.2 Å². The highest BCUT2D eigenvalue weighted by Gasteiger charge is 2.27. The van der Waals surface area contributed by atoms with Gasteiger partial charge in [-0.2, -0.15) is 0 Å². The second kappa shape index (κ2) is 7.21. The summed E-state index contributed by atoms with van der Waals surface area (Å²) in [5.41, 5.74) is 3.97. The van der Waals surface area contributed by atoms with Crippen LogP contribution in [0.25, 0.3) is 0 Å². The standard InChI is InChI=1S/C20H24N2O3S/c1-4-15-5-7-16(8-6-15)13-20(23)22-12-11-17-14-18(9-10-19(17)22)26(24,25)21(2)3/h5-10,14H,4,11-13H2,1-3H3. The van der Waals surface area contributed by atoms with Gasteiger partial charge >= 0.3 is 0 Å². The van der Waals surface area contributed by atoms with Gasteiger partial charge in [-0.15, -0.1) is 0 Å². The molecule has 26 heavy (non-hydrogen) atoms. The van der Waals surface area contributed by atoms with Gasteiger partial charge < -0.3 is 4.90 Å². The smallest absolute Gasteiger partial charge is 0.242 e. The Morgan fingerprint density at radius 2 is 1.73 bits per heavy atom. The summed E-state index contributed by atoms with van der Waals surface area (Å²) < 4.78 is 25.8. The van der Waals surface area contributed by atoms with Gasteiger partial charge in [-0.3, -0.25) is 4.79 Å². The predicted octanol–water partition coefficient (Wildman–Crippen LogP) is 2.63. The van der Waals surface area contributed by atoms with Crippen LogP contribution in [0, 0.1) is 0 Å². The van der Waals surface area contributed by atoms with E-state index in [4.69, 9.17) is 0 Å². The van der Waals surface area contributed by atoms with Crippen LogP contribution in [0.15, 0.2) is 47.4 Å². The number of anilines is 1. The second-order valence-electron chi connectivity index (χ2n) is 6.72. The lowest BCUT2D eigenvalue weighted by Gasteiger charge is -2.18. The summed E-state index contributed by atoms with van der Waals surface area (Å²) in [5, 5.41) is 0. The predicted molar refractivity (Wildman–Crippen MR) is 103 cm³/mol. The number of fused-ring (bicyclic) bond motifs is 1. The number of carbonyl (C=O) groups is 1. The lowest BCUT2D eigenvalue weighted by atomic mass is 10.1. The van der Waals surface area contributed by atoms with Gasteiger partial charge in [0.05, 0.1) is 11.3 Å². The Hall–Kier alpha value is -2.18. The van der Waals surface area contributed by atoms with Crippen LogP contribution in [-0.4, -0.2) is 39.3 Å². The summed E-state index contributed by atoms with van der Waals surface area (Å²) >= 11 is 0. The number of nitrogens with zero attached hydrogens (tertiary/aromatic N) is 2. The lowest BCUT2D eigenvalue weighted by Crippen LogP contribution is -2.30. The molecule has 1 heterocycles. The van der Waals surface area contributed by atoms with Crippen LogP contribution in [0.3, 0.4) is 0 Å². The van der Waals surface area contributed by atoms with E-state index in [1.54, 1.807) is 23.1 Å². The van der Waals surface area contributed by atoms with Crippen LogP contribution in [-0.2, 0) is 34.1 Å². The molecule has 3 rings (SSSR count). The maximum absolute atomic E-state index is 12.7. The molecule has 0 N–H and O–H groups in total. The van der Waals surface area contributed by atoms with Crippen LogP contribution < -0.4 is 4.90 Å². The zero-order chi connectivity index (χ0) is 18.9. The van der Waals surface area contributed by atoms with E-state index in [0.29, 0.717) is 19.4 Å². The van der Waals surface area contributed by atoms with E-state index in [1.807, 2.05) is 12.1 Å². The van der Waals surface area contributed by atoms with Gasteiger partial charge in [0.1, 0.15) is 0 Å². The maximum atomic E-state index is 12.7. The van der Waals surface area contributed by atoms with Gasteiger partial charge in [0.25, 0.3) is 0 Å². The summed E-state index contributed by atoms with van der Waals surface area (Å²) in [4.78, 5) is 14.7. The molecular formula is C20H24N2O3S. The van der Waals surface area contributed by atoms with Gasteiger partial charge in [0, 0.05) is 26.3 Å². The van der Waals surface area contributed by atoms with Crippen molar-refractivity contribution in [2.45, 2.75) is 31.1 Å². The minimum atomic E-state index is -3.46. The molecule has 0 fully saturated rings. The number of amides is 1. The Labute approximate surface area is 155 Å². The number of benzene rings is 2. The third kappa shape index (κ3) is 3.52.